The van der Waals surface area contributed by atoms with E-state index in [2.05, 4.69) is 31.9 Å². The van der Waals surface area contributed by atoms with Gasteiger partial charge in [0.05, 0.1) is 56.2 Å². The van der Waals surface area contributed by atoms with E-state index in [0.29, 0.717) is 96.0 Å². The minimum Gasteiger partial charge on any atom is -0.507 e. The summed E-state index contributed by atoms with van der Waals surface area (Å²) in [5.74, 6) is -5.36. The Morgan fingerprint density at radius 1 is 0.480 bits per heavy atom. The average molecular weight is 1500 g/mol. The molecule has 524 valence electrons. The number of ketones is 4. The monoisotopic (exact) mass is 1500 g/mol. The number of halogens is 6. The Labute approximate surface area is 593 Å². The summed E-state index contributed by atoms with van der Waals surface area (Å²) in [6.07, 6.45) is 3.23. The molecular formula is C78H74Br2F4O16. The summed E-state index contributed by atoms with van der Waals surface area (Å²) >= 11 is 5.87. The lowest BCUT2D eigenvalue weighted by molar-refractivity contribution is -0.0484. The summed E-state index contributed by atoms with van der Waals surface area (Å²) in [6.45, 7) is 10.0. The molecule has 4 N–H and O–H groups in total. The van der Waals surface area contributed by atoms with Crippen LogP contribution < -0.4 is 33.2 Å². The van der Waals surface area contributed by atoms with Crippen LogP contribution in [0.2, 0.25) is 0 Å². The van der Waals surface area contributed by atoms with Crippen molar-refractivity contribution in [3.63, 3.8) is 0 Å². The molecule has 0 saturated carbocycles. The van der Waals surface area contributed by atoms with Crippen LogP contribution in [0.15, 0.2) is 226 Å². The number of hydrogen-bond donors (Lipinski definition) is 4. The zero-order chi connectivity index (χ0) is 72.5. The van der Waals surface area contributed by atoms with Crippen molar-refractivity contribution < 1.29 is 95.1 Å². The maximum atomic E-state index is 13.9. The molecule has 0 heterocycles. The Hall–Kier alpha value is -10.2. The van der Waals surface area contributed by atoms with Crippen molar-refractivity contribution in [3.05, 3.63) is 271 Å². The van der Waals surface area contributed by atoms with Gasteiger partial charge in [0.2, 0.25) is 0 Å². The summed E-state index contributed by atoms with van der Waals surface area (Å²) in [4.78, 5) is 50.2. The molecule has 10 rings (SSSR count). The second-order valence-corrected chi connectivity index (χ2v) is 23.8. The molecule has 16 nitrogen and oxygen atoms in total. The first kappa shape index (κ1) is 77.2. The number of ether oxygens (including phenoxy) is 8. The third-order valence-corrected chi connectivity index (χ3v) is 16.0. The van der Waals surface area contributed by atoms with Crippen LogP contribution in [-0.4, -0.2) is 102 Å². The number of Topliss-reactive ketones (excluding diaryl/α,β-unsaturated/α-hetero) is 2. The average Bonchev–Trinajstić information content (AvgIpc) is 0.647. The largest absolute Gasteiger partial charge is 0.507 e. The van der Waals surface area contributed by atoms with E-state index in [4.69, 9.17) is 37.9 Å². The number of carbonyl (C=O) groups is 4. The predicted octanol–water partition coefficient (Wildman–Crippen LogP) is 17.7. The van der Waals surface area contributed by atoms with Crippen molar-refractivity contribution in [3.8, 4) is 57.5 Å². The number of alkyl halides is 4. The number of benzene rings is 8. The summed E-state index contributed by atoms with van der Waals surface area (Å²) in [7, 11) is 3.11. The normalized spacial score (nSPS) is 13.9. The highest BCUT2D eigenvalue weighted by atomic mass is 79.9. The summed E-state index contributed by atoms with van der Waals surface area (Å²) in [6, 6.07) is 49.5. The van der Waals surface area contributed by atoms with Gasteiger partial charge in [-0.05, 0) is 175 Å². The second-order valence-electron chi connectivity index (χ2n) is 22.0. The second kappa shape index (κ2) is 37.1. The molecule has 1 atom stereocenters. The van der Waals surface area contributed by atoms with Crippen LogP contribution in [0.5, 0.6) is 57.5 Å². The maximum absolute atomic E-state index is 13.9. The number of allylic oxidation sites excluding steroid dienone is 6. The van der Waals surface area contributed by atoms with Gasteiger partial charge in [-0.2, -0.15) is 17.6 Å². The van der Waals surface area contributed by atoms with Gasteiger partial charge in [-0.25, -0.2) is 0 Å². The highest BCUT2D eigenvalue weighted by molar-refractivity contribution is 9.11. The number of phenolic OH excluding ortho intramolecular Hbond substituents is 3. The van der Waals surface area contributed by atoms with Crippen molar-refractivity contribution in [2.45, 2.75) is 78.1 Å². The Bertz CT molecular complexity index is 4100. The SMILES string of the molecule is CCCOc1ccc(C(=O)c2ccc(OCCC)cc2O)c(O)c1.CCOC1=CC=C(C(=O)c2ccc(OCC)cc2)CC1(F)F.COc1cc(C(=O)c2ccc(OCc3ccccc3)c(OC)c2)ccc1OCc1ccccc1.O=C(C1=CC(F)(F)C(O)C(Br)=C1)c1ccc(O)c(Br)c1. The molecule has 2 aliphatic carbocycles. The molecule has 0 aliphatic heterocycles. The van der Waals surface area contributed by atoms with E-state index in [9.17, 15) is 57.2 Å². The van der Waals surface area contributed by atoms with Gasteiger partial charge in [0.15, 0.2) is 58.0 Å². The first-order chi connectivity index (χ1) is 47.9. The lowest BCUT2D eigenvalue weighted by Gasteiger charge is -2.24. The fourth-order valence-electron chi connectivity index (χ4n) is 9.55. The van der Waals surface area contributed by atoms with Gasteiger partial charge < -0.3 is 58.3 Å². The fourth-order valence-corrected chi connectivity index (χ4v) is 10.5. The van der Waals surface area contributed by atoms with Crippen LogP contribution in [0, 0.1) is 0 Å². The number of aliphatic hydroxyl groups excluding tert-OH is 1. The molecule has 0 spiro atoms. The van der Waals surface area contributed by atoms with Gasteiger partial charge in [0.25, 0.3) is 5.92 Å². The van der Waals surface area contributed by atoms with Gasteiger partial charge in [0.1, 0.15) is 47.7 Å². The van der Waals surface area contributed by atoms with Crippen molar-refractivity contribution in [2.24, 2.45) is 0 Å². The Balaban J connectivity index is 0.000000192. The lowest BCUT2D eigenvalue weighted by atomic mass is 9.93. The molecule has 100 heavy (non-hydrogen) atoms. The molecule has 2 aliphatic rings. The van der Waals surface area contributed by atoms with Crippen molar-refractivity contribution in [2.75, 3.05) is 40.6 Å². The molecule has 8 aromatic carbocycles. The van der Waals surface area contributed by atoms with Crippen LogP contribution in [0.4, 0.5) is 17.6 Å². The van der Waals surface area contributed by atoms with E-state index in [1.807, 2.05) is 81.4 Å². The van der Waals surface area contributed by atoms with Crippen LogP contribution >= 0.6 is 31.9 Å². The van der Waals surface area contributed by atoms with Gasteiger partial charge >= 0.3 is 5.92 Å². The highest BCUT2D eigenvalue weighted by Gasteiger charge is 2.42. The van der Waals surface area contributed by atoms with E-state index in [-0.39, 0.29) is 66.4 Å². The van der Waals surface area contributed by atoms with Crippen molar-refractivity contribution in [1.29, 1.82) is 0 Å². The minimum absolute atomic E-state index is 0.0587. The number of methoxy groups -OCH3 is 2. The maximum Gasteiger partial charge on any atom is 0.308 e. The fraction of sp³-hybridized carbons (Fsp3) is 0.231. The number of carbonyl (C=O) groups excluding carboxylic acids is 4. The molecule has 0 bridgehead atoms. The smallest absolute Gasteiger partial charge is 0.308 e. The molecule has 22 heteroatoms. The van der Waals surface area contributed by atoms with Gasteiger partial charge in [-0.3, -0.25) is 19.2 Å². The Morgan fingerprint density at radius 3 is 1.39 bits per heavy atom. The first-order valence-corrected chi connectivity index (χ1v) is 33.1. The molecule has 0 aromatic heterocycles. The topological polar surface area (TPSA) is 223 Å². The minimum atomic E-state index is -3.52. The zero-order valence-electron chi connectivity index (χ0n) is 55.4. The summed E-state index contributed by atoms with van der Waals surface area (Å²) in [5, 5.41) is 38.8. The van der Waals surface area contributed by atoms with E-state index in [1.54, 1.807) is 93.9 Å². The Kier molecular flexibility index (Phi) is 28.7. The van der Waals surface area contributed by atoms with E-state index < -0.39 is 47.5 Å². The number of rotatable bonds is 26. The van der Waals surface area contributed by atoms with Crippen LogP contribution in [0.1, 0.15) is 111 Å². The molecule has 0 radical (unpaired) electrons. The number of hydrogen-bond acceptors (Lipinski definition) is 16. The standard InChI is InChI=1S/C29H26O5.C19H22O5.C17H18F2O3.C13H8Br2F2O3/c1-31-27-17-23(13-15-25(27)33-19-21-9-5-3-6-10-21)29(30)24-14-16-26(28(18-24)32-2)34-20-22-11-7-4-8-12-22;1-3-9-23-13-5-7-15(17(20)11-13)19(22)16-8-6-14(12-18(16)21)24-10-4-2;1-3-21-14-8-5-12(6-9-14)16(20)13-7-10-15(22-4-2)17(18,19)11-13;14-8-3-6(1-2-10(8)18)11(19)7-4-9(15)12(20)13(16,17)5-7/h3-18H,19-20H2,1-2H3;5-8,11-12,20-21H,3-4,9-10H2,1-2H3;5-10H,3-4,11H2,1-2H3;1-5,12,18,20H. The van der Waals surface area contributed by atoms with Gasteiger partial charge in [-0.1, -0.05) is 96.5 Å². The van der Waals surface area contributed by atoms with E-state index in [0.717, 1.165) is 30.0 Å². The predicted molar refractivity (Wildman–Crippen MR) is 378 cm³/mol. The highest BCUT2D eigenvalue weighted by Crippen LogP contribution is 2.39. The van der Waals surface area contributed by atoms with Crippen molar-refractivity contribution in [1.82, 2.24) is 0 Å². The summed E-state index contributed by atoms with van der Waals surface area (Å²) in [5.41, 5.74) is 3.63. The molecule has 1 unspecified atom stereocenters. The number of phenols is 3. The zero-order valence-corrected chi connectivity index (χ0v) is 58.6. The third kappa shape index (κ3) is 21.4. The third-order valence-electron chi connectivity index (χ3n) is 14.7. The molecule has 0 fully saturated rings. The van der Waals surface area contributed by atoms with Crippen molar-refractivity contribution >= 4 is 55.0 Å². The summed E-state index contributed by atoms with van der Waals surface area (Å²) < 4.78 is 98.8. The lowest BCUT2D eigenvalue weighted by Crippen LogP contribution is -2.35. The van der Waals surface area contributed by atoms with E-state index >= 15 is 0 Å². The molecule has 0 saturated heterocycles. The van der Waals surface area contributed by atoms with E-state index in [1.165, 1.54) is 54.6 Å². The van der Waals surface area contributed by atoms with Crippen LogP contribution in [0.25, 0.3) is 0 Å². The van der Waals surface area contributed by atoms with Crippen LogP contribution in [0.3, 0.4) is 0 Å². The quantitative estimate of drug-likeness (QED) is 0.0292. The number of aliphatic hydroxyl groups is 1. The molecule has 0 amide bonds. The Morgan fingerprint density at radius 2 is 0.950 bits per heavy atom. The number of aromatic hydroxyl groups is 3. The van der Waals surface area contributed by atoms with Crippen LogP contribution in [-0.2, 0) is 18.0 Å². The first-order valence-electron chi connectivity index (χ1n) is 31.5. The molecule has 8 aromatic rings. The molecular weight excluding hydrogens is 1430 g/mol. The van der Waals surface area contributed by atoms with Gasteiger partial charge in [0, 0.05) is 56.4 Å². The van der Waals surface area contributed by atoms with Gasteiger partial charge in [-0.15, -0.1) is 0 Å².